The molecule has 62 valence electrons. The van der Waals surface area contributed by atoms with Crippen LogP contribution in [0.25, 0.3) is 0 Å². The monoisotopic (exact) mass is 300 g/mol. The summed E-state index contributed by atoms with van der Waals surface area (Å²) in [7, 11) is 3.23. The summed E-state index contributed by atoms with van der Waals surface area (Å²) in [5, 5.41) is 0.770. The van der Waals surface area contributed by atoms with Gasteiger partial charge in [0.1, 0.15) is 0 Å². The molecule has 5 heteroatoms. The van der Waals surface area contributed by atoms with Gasteiger partial charge >= 0.3 is 0 Å². The highest BCUT2D eigenvalue weighted by Gasteiger charge is 2.15. The van der Waals surface area contributed by atoms with Crippen LogP contribution in [0.5, 0.6) is 10.8 Å². The predicted molar refractivity (Wildman–Crippen MR) is 52.8 cm³/mol. The minimum atomic E-state index is 0.740. The smallest absolute Gasteiger partial charge is 0.219 e. The molecule has 0 spiro atoms. The molecule has 0 saturated heterocycles. The van der Waals surface area contributed by atoms with Crippen molar-refractivity contribution in [1.82, 2.24) is 0 Å². The highest BCUT2D eigenvalue weighted by atomic mass is 79.9. The van der Waals surface area contributed by atoms with Crippen molar-refractivity contribution in [3.63, 3.8) is 0 Å². The molecule has 0 bridgehead atoms. The first-order valence-electron chi connectivity index (χ1n) is 2.76. The zero-order chi connectivity index (χ0) is 8.43. The van der Waals surface area contributed by atoms with Crippen molar-refractivity contribution in [3.05, 3.63) is 8.26 Å². The van der Waals surface area contributed by atoms with Crippen LogP contribution >= 0.6 is 43.2 Å². The summed E-state index contributed by atoms with van der Waals surface area (Å²) in [6.07, 6.45) is 0. The molecule has 2 nitrogen and oxygen atoms in total. The van der Waals surface area contributed by atoms with E-state index in [9.17, 15) is 0 Å². The average Bonchev–Trinajstić information content (AvgIpc) is 2.28. The molecule has 0 fully saturated rings. The molecule has 0 atom stereocenters. The van der Waals surface area contributed by atoms with Crippen molar-refractivity contribution in [2.45, 2.75) is 0 Å². The van der Waals surface area contributed by atoms with Crippen molar-refractivity contribution in [2.75, 3.05) is 14.2 Å². The molecule has 0 N–H and O–H groups in total. The van der Waals surface area contributed by atoms with Crippen molar-refractivity contribution in [1.29, 1.82) is 0 Å². The van der Waals surface area contributed by atoms with Crippen molar-refractivity contribution < 1.29 is 9.47 Å². The first-order valence-corrected chi connectivity index (χ1v) is 5.16. The fraction of sp³-hybridized carbons (Fsp3) is 0.333. The van der Waals surface area contributed by atoms with Gasteiger partial charge in [0, 0.05) is 0 Å². The first-order chi connectivity index (χ1) is 5.20. The third-order valence-electron chi connectivity index (χ3n) is 1.13. The Bertz CT molecular complexity index is 259. The van der Waals surface area contributed by atoms with E-state index in [1.807, 2.05) is 0 Å². The van der Waals surface area contributed by atoms with E-state index in [1.54, 1.807) is 14.2 Å². The molecular formula is C6H6Br2O2S. The largest absolute Gasteiger partial charge is 0.491 e. The SMILES string of the molecule is COc1sc(Br)c(Br)c1OC. The van der Waals surface area contributed by atoms with E-state index in [0.717, 1.165) is 19.1 Å². The van der Waals surface area contributed by atoms with E-state index in [0.29, 0.717) is 0 Å². The van der Waals surface area contributed by atoms with Crippen LogP contribution in [-0.4, -0.2) is 14.2 Å². The van der Waals surface area contributed by atoms with Gasteiger partial charge in [0.15, 0.2) is 5.75 Å². The predicted octanol–water partition coefficient (Wildman–Crippen LogP) is 3.29. The second kappa shape index (κ2) is 3.78. The van der Waals surface area contributed by atoms with Crippen LogP contribution in [0.3, 0.4) is 0 Å². The van der Waals surface area contributed by atoms with Crippen molar-refractivity contribution in [3.8, 4) is 10.8 Å². The molecule has 11 heavy (non-hydrogen) atoms. The van der Waals surface area contributed by atoms with Crippen LogP contribution < -0.4 is 9.47 Å². The molecule has 1 heterocycles. The Labute approximate surface area is 85.8 Å². The number of methoxy groups -OCH3 is 2. The molecule has 0 aromatic carbocycles. The number of hydrogen-bond donors (Lipinski definition) is 0. The van der Waals surface area contributed by atoms with Crippen LogP contribution in [0, 0.1) is 0 Å². The van der Waals surface area contributed by atoms with E-state index in [-0.39, 0.29) is 0 Å². The Morgan fingerprint density at radius 1 is 1.18 bits per heavy atom. The Hall–Kier alpha value is 0.260. The average molecular weight is 302 g/mol. The maximum Gasteiger partial charge on any atom is 0.219 e. The van der Waals surface area contributed by atoms with E-state index >= 15 is 0 Å². The topological polar surface area (TPSA) is 18.5 Å². The highest BCUT2D eigenvalue weighted by molar-refractivity contribution is 9.13. The Morgan fingerprint density at radius 2 is 1.82 bits per heavy atom. The van der Waals surface area contributed by atoms with Gasteiger partial charge in [0.25, 0.3) is 0 Å². The lowest BCUT2D eigenvalue weighted by molar-refractivity contribution is 0.363. The molecule has 0 unspecified atom stereocenters. The third kappa shape index (κ3) is 1.71. The van der Waals surface area contributed by atoms with Gasteiger partial charge in [-0.15, -0.1) is 0 Å². The maximum atomic E-state index is 5.10. The lowest BCUT2D eigenvalue weighted by Crippen LogP contribution is -1.85. The molecule has 1 aromatic heterocycles. The normalized spacial score (nSPS) is 9.82. The van der Waals surface area contributed by atoms with Crippen molar-refractivity contribution in [2.24, 2.45) is 0 Å². The third-order valence-corrected chi connectivity index (χ3v) is 4.48. The van der Waals surface area contributed by atoms with Crippen molar-refractivity contribution >= 4 is 43.2 Å². The number of rotatable bonds is 2. The summed E-state index contributed by atoms with van der Waals surface area (Å²) in [6.45, 7) is 0. The zero-order valence-corrected chi connectivity index (χ0v) is 9.97. The minimum Gasteiger partial charge on any atom is -0.491 e. The molecule has 1 aromatic rings. The van der Waals surface area contributed by atoms with Crippen LogP contribution in [0.1, 0.15) is 0 Å². The van der Waals surface area contributed by atoms with Gasteiger partial charge in [0.05, 0.1) is 22.5 Å². The van der Waals surface area contributed by atoms with Gasteiger partial charge in [-0.25, -0.2) is 0 Å². The minimum absolute atomic E-state index is 0.740. The zero-order valence-electron chi connectivity index (χ0n) is 5.98. The molecule has 0 aliphatic carbocycles. The fourth-order valence-electron chi connectivity index (χ4n) is 0.659. The molecular weight excluding hydrogens is 296 g/mol. The molecule has 0 aliphatic heterocycles. The summed E-state index contributed by atoms with van der Waals surface area (Å²) in [5.41, 5.74) is 0. The van der Waals surface area contributed by atoms with Gasteiger partial charge in [0.2, 0.25) is 5.06 Å². The number of thiophene rings is 1. The lowest BCUT2D eigenvalue weighted by atomic mass is 10.6. The van der Waals surface area contributed by atoms with Gasteiger partial charge in [-0.1, -0.05) is 11.3 Å². The number of hydrogen-bond acceptors (Lipinski definition) is 3. The van der Waals surface area contributed by atoms with Gasteiger partial charge < -0.3 is 9.47 Å². The van der Waals surface area contributed by atoms with E-state index < -0.39 is 0 Å². The second-order valence-electron chi connectivity index (χ2n) is 1.71. The second-order valence-corrected chi connectivity index (χ2v) is 4.81. The highest BCUT2D eigenvalue weighted by Crippen LogP contribution is 2.47. The summed E-state index contributed by atoms with van der Waals surface area (Å²) in [4.78, 5) is 0. The summed E-state index contributed by atoms with van der Waals surface area (Å²) >= 11 is 8.21. The van der Waals surface area contributed by atoms with Crippen LogP contribution in [-0.2, 0) is 0 Å². The molecule has 0 amide bonds. The summed E-state index contributed by atoms with van der Waals surface area (Å²) in [6, 6.07) is 0. The van der Waals surface area contributed by atoms with Gasteiger partial charge in [-0.05, 0) is 31.9 Å². The van der Waals surface area contributed by atoms with E-state index in [4.69, 9.17) is 9.47 Å². The maximum absolute atomic E-state index is 5.10. The Balaban J connectivity index is 3.15. The van der Waals surface area contributed by atoms with E-state index in [1.165, 1.54) is 11.3 Å². The lowest BCUT2D eigenvalue weighted by Gasteiger charge is -1.99. The molecule has 0 saturated carbocycles. The fourth-order valence-corrected chi connectivity index (χ4v) is 2.70. The Morgan fingerprint density at radius 3 is 2.18 bits per heavy atom. The number of ether oxygens (including phenoxy) is 2. The van der Waals surface area contributed by atoms with E-state index in [2.05, 4.69) is 31.9 Å². The van der Waals surface area contributed by atoms with Crippen LogP contribution in [0.15, 0.2) is 8.26 Å². The summed E-state index contributed by atoms with van der Waals surface area (Å²) in [5.74, 6) is 0.740. The number of halogens is 2. The Kier molecular flexibility index (Phi) is 3.21. The molecule has 0 aliphatic rings. The summed E-state index contributed by atoms with van der Waals surface area (Å²) < 4.78 is 12.1. The van der Waals surface area contributed by atoms with Gasteiger partial charge in [-0.3, -0.25) is 0 Å². The standard InChI is InChI=1S/C6H6Br2O2S/c1-9-4-3(7)5(8)11-6(4)10-2/h1-2H3. The van der Waals surface area contributed by atoms with Crippen LogP contribution in [0.4, 0.5) is 0 Å². The van der Waals surface area contributed by atoms with Crippen LogP contribution in [0.2, 0.25) is 0 Å². The quantitative estimate of drug-likeness (QED) is 0.834. The molecule has 1 rings (SSSR count). The molecule has 0 radical (unpaired) electrons. The van der Waals surface area contributed by atoms with Gasteiger partial charge in [-0.2, -0.15) is 0 Å². The first kappa shape index (κ1) is 9.35.